The van der Waals surface area contributed by atoms with Crippen molar-refractivity contribution in [2.75, 3.05) is 13.7 Å². The number of nitrogens with one attached hydrogen (secondary N) is 1. The lowest BCUT2D eigenvalue weighted by Crippen LogP contribution is -2.58. The van der Waals surface area contributed by atoms with E-state index in [4.69, 9.17) is 14.2 Å². The number of aliphatic hydroxyl groups excluding tert-OH is 1. The summed E-state index contributed by atoms with van der Waals surface area (Å²) in [5.74, 6) is -0.850. The zero-order chi connectivity index (χ0) is 19.9. The predicted octanol–water partition coefficient (Wildman–Crippen LogP) is 1.76. The lowest BCUT2D eigenvalue weighted by atomic mass is 9.98. The number of carbonyl (C=O) groups excluding carboxylic acids is 2. The van der Waals surface area contributed by atoms with Gasteiger partial charge in [-0.1, -0.05) is 36.4 Å². The maximum Gasteiger partial charge on any atom is 0.338 e. The molecule has 1 aliphatic heterocycles. The van der Waals surface area contributed by atoms with Crippen molar-refractivity contribution in [2.24, 2.45) is 0 Å². The molecule has 1 saturated heterocycles. The van der Waals surface area contributed by atoms with E-state index in [1.54, 1.807) is 54.6 Å². The van der Waals surface area contributed by atoms with Gasteiger partial charge in [-0.2, -0.15) is 0 Å². The monoisotopic (exact) mass is 385 g/mol. The van der Waals surface area contributed by atoms with Crippen LogP contribution in [0.5, 0.6) is 0 Å². The maximum atomic E-state index is 12.6. The van der Waals surface area contributed by atoms with Crippen LogP contribution in [-0.2, 0) is 14.2 Å². The Bertz CT molecular complexity index is 782. The van der Waals surface area contributed by atoms with E-state index in [9.17, 15) is 14.7 Å². The van der Waals surface area contributed by atoms with Crippen molar-refractivity contribution in [3.8, 4) is 0 Å². The third-order valence-corrected chi connectivity index (χ3v) is 4.55. The molecule has 1 aliphatic rings. The van der Waals surface area contributed by atoms with Gasteiger partial charge in [0.05, 0.1) is 24.3 Å². The van der Waals surface area contributed by atoms with Crippen molar-refractivity contribution in [3.63, 3.8) is 0 Å². The van der Waals surface area contributed by atoms with Crippen LogP contribution in [0.15, 0.2) is 60.7 Å². The Labute approximate surface area is 163 Å². The smallest absolute Gasteiger partial charge is 0.338 e. The molecule has 0 aromatic heterocycles. The fraction of sp³-hybridized carbons (Fsp3) is 0.333. The third kappa shape index (κ3) is 4.75. The molecule has 148 valence electrons. The predicted molar refractivity (Wildman–Crippen MR) is 101 cm³/mol. The highest BCUT2D eigenvalue weighted by Gasteiger charge is 2.42. The number of hydrogen-bond donors (Lipinski definition) is 2. The van der Waals surface area contributed by atoms with Crippen LogP contribution in [0.2, 0.25) is 0 Å². The Morgan fingerprint density at radius 2 is 1.68 bits per heavy atom. The number of carbonyl (C=O) groups is 2. The summed E-state index contributed by atoms with van der Waals surface area (Å²) in [4.78, 5) is 25.1. The van der Waals surface area contributed by atoms with E-state index in [1.165, 1.54) is 7.11 Å². The van der Waals surface area contributed by atoms with E-state index in [0.29, 0.717) is 11.1 Å². The van der Waals surface area contributed by atoms with Gasteiger partial charge in [0.25, 0.3) is 5.91 Å². The van der Waals surface area contributed by atoms with Gasteiger partial charge in [0.15, 0.2) is 12.4 Å². The zero-order valence-corrected chi connectivity index (χ0v) is 15.5. The quantitative estimate of drug-likeness (QED) is 0.736. The summed E-state index contributed by atoms with van der Waals surface area (Å²) in [5, 5.41) is 12.4. The Morgan fingerprint density at radius 1 is 1.07 bits per heavy atom. The van der Waals surface area contributed by atoms with Gasteiger partial charge in [0.1, 0.15) is 0 Å². The minimum Gasteiger partial charge on any atom is -0.451 e. The van der Waals surface area contributed by atoms with E-state index in [0.717, 1.165) is 0 Å². The summed E-state index contributed by atoms with van der Waals surface area (Å²) >= 11 is 0. The second-order valence-corrected chi connectivity index (χ2v) is 6.46. The van der Waals surface area contributed by atoms with Gasteiger partial charge < -0.3 is 24.6 Å². The number of amides is 1. The van der Waals surface area contributed by atoms with Gasteiger partial charge in [-0.15, -0.1) is 0 Å². The highest BCUT2D eigenvalue weighted by molar-refractivity contribution is 5.94. The molecule has 2 aromatic carbocycles. The molecule has 7 nitrogen and oxygen atoms in total. The summed E-state index contributed by atoms with van der Waals surface area (Å²) in [6.07, 6.45) is -2.05. The zero-order valence-electron chi connectivity index (χ0n) is 15.5. The van der Waals surface area contributed by atoms with Crippen molar-refractivity contribution in [3.05, 3.63) is 71.8 Å². The fourth-order valence-corrected chi connectivity index (χ4v) is 3.12. The number of methoxy groups -OCH3 is 1. The molecule has 0 aliphatic carbocycles. The largest absolute Gasteiger partial charge is 0.451 e. The van der Waals surface area contributed by atoms with Crippen LogP contribution in [0.4, 0.5) is 0 Å². The second-order valence-electron chi connectivity index (χ2n) is 6.46. The van der Waals surface area contributed by atoms with Gasteiger partial charge in [0.2, 0.25) is 0 Å². The Hall–Kier alpha value is -2.74. The summed E-state index contributed by atoms with van der Waals surface area (Å²) < 4.78 is 16.6. The van der Waals surface area contributed by atoms with Gasteiger partial charge in [-0.05, 0) is 30.7 Å². The minimum atomic E-state index is -0.917. The van der Waals surface area contributed by atoms with Crippen LogP contribution in [0, 0.1) is 0 Å². The SMILES string of the molecule is CO[C@H]1O[C@H](CO)C[C@H](NC(=O)c2ccccc2)[C@H]1OC(=O)c1ccccc1. The molecular weight excluding hydrogens is 362 g/mol. The average molecular weight is 385 g/mol. The first-order valence-electron chi connectivity index (χ1n) is 9.03. The summed E-state index contributed by atoms with van der Waals surface area (Å²) in [7, 11) is 1.42. The molecule has 1 fully saturated rings. The molecule has 0 bridgehead atoms. The van der Waals surface area contributed by atoms with Crippen LogP contribution in [0.25, 0.3) is 0 Å². The number of aliphatic hydroxyl groups is 1. The molecule has 2 N–H and O–H groups in total. The molecule has 2 aromatic rings. The normalized spacial score (nSPS) is 24.4. The first-order chi connectivity index (χ1) is 13.6. The van der Waals surface area contributed by atoms with E-state index < -0.39 is 30.5 Å². The van der Waals surface area contributed by atoms with Crippen molar-refractivity contribution >= 4 is 11.9 Å². The number of hydrogen-bond acceptors (Lipinski definition) is 6. The van der Waals surface area contributed by atoms with Crippen LogP contribution in [0.1, 0.15) is 27.1 Å². The Kier molecular flexibility index (Phi) is 6.76. The lowest BCUT2D eigenvalue weighted by molar-refractivity contribution is -0.241. The molecule has 1 amide bonds. The van der Waals surface area contributed by atoms with Gasteiger partial charge in [0, 0.05) is 12.7 Å². The van der Waals surface area contributed by atoms with Crippen molar-refractivity contribution < 1.29 is 28.9 Å². The summed E-state index contributed by atoms with van der Waals surface area (Å²) in [5.41, 5.74) is 0.867. The molecule has 0 spiro atoms. The molecule has 0 radical (unpaired) electrons. The van der Waals surface area contributed by atoms with Crippen LogP contribution < -0.4 is 5.32 Å². The van der Waals surface area contributed by atoms with E-state index >= 15 is 0 Å². The maximum absolute atomic E-state index is 12.6. The molecule has 3 rings (SSSR count). The molecule has 0 saturated carbocycles. The number of ether oxygens (including phenoxy) is 3. The summed E-state index contributed by atoms with van der Waals surface area (Å²) in [6.45, 7) is -0.239. The van der Waals surface area contributed by atoms with Crippen LogP contribution in [0.3, 0.4) is 0 Å². The van der Waals surface area contributed by atoms with Gasteiger partial charge in [-0.3, -0.25) is 4.79 Å². The number of esters is 1. The third-order valence-electron chi connectivity index (χ3n) is 4.55. The number of rotatable bonds is 6. The molecular formula is C21H23NO6. The molecule has 4 atom stereocenters. The van der Waals surface area contributed by atoms with E-state index in [1.807, 2.05) is 6.07 Å². The Balaban J connectivity index is 1.79. The Morgan fingerprint density at radius 3 is 2.25 bits per heavy atom. The van der Waals surface area contributed by atoms with Gasteiger partial charge in [-0.25, -0.2) is 4.79 Å². The first-order valence-corrected chi connectivity index (χ1v) is 9.03. The average Bonchev–Trinajstić information content (AvgIpc) is 2.75. The van der Waals surface area contributed by atoms with Crippen molar-refractivity contribution in [2.45, 2.75) is 31.0 Å². The second kappa shape index (κ2) is 9.45. The van der Waals surface area contributed by atoms with E-state index in [-0.39, 0.29) is 18.9 Å². The standard InChI is InChI=1S/C21H23NO6/c1-26-21-18(28-20(25)15-10-6-3-7-11-15)17(12-16(13-23)27-21)22-19(24)14-8-4-2-5-9-14/h2-11,16-18,21,23H,12-13H2,1H3,(H,22,24)/t16-,17-,18+,21-/m0/s1. The van der Waals surface area contributed by atoms with E-state index in [2.05, 4.69) is 5.32 Å². The molecule has 28 heavy (non-hydrogen) atoms. The fourth-order valence-electron chi connectivity index (χ4n) is 3.12. The molecule has 7 heteroatoms. The summed E-state index contributed by atoms with van der Waals surface area (Å²) in [6, 6.07) is 16.7. The van der Waals surface area contributed by atoms with Crippen molar-refractivity contribution in [1.29, 1.82) is 0 Å². The number of benzene rings is 2. The minimum absolute atomic E-state index is 0.239. The topological polar surface area (TPSA) is 94.1 Å². The van der Waals surface area contributed by atoms with Crippen LogP contribution >= 0.6 is 0 Å². The van der Waals surface area contributed by atoms with Crippen molar-refractivity contribution in [1.82, 2.24) is 5.32 Å². The molecule has 0 unspecified atom stereocenters. The highest BCUT2D eigenvalue weighted by Crippen LogP contribution is 2.25. The first kappa shape index (κ1) is 20.0. The van der Waals surface area contributed by atoms with Gasteiger partial charge >= 0.3 is 5.97 Å². The van der Waals surface area contributed by atoms with Crippen LogP contribution in [-0.4, -0.2) is 55.2 Å². The highest BCUT2D eigenvalue weighted by atomic mass is 16.7. The lowest BCUT2D eigenvalue weighted by Gasteiger charge is -2.40. The molecule has 1 heterocycles.